The largest absolute Gasteiger partial charge is 0.354 e. The van der Waals surface area contributed by atoms with E-state index < -0.39 is 16.1 Å². The number of hydrogen-bond acceptors (Lipinski definition) is 5. The molecule has 0 saturated carbocycles. The number of carbonyl (C=O) groups is 2. The topological polar surface area (TPSA) is 90.0 Å². The van der Waals surface area contributed by atoms with E-state index in [9.17, 15) is 18.0 Å². The van der Waals surface area contributed by atoms with E-state index in [4.69, 9.17) is 0 Å². The van der Waals surface area contributed by atoms with Crippen molar-refractivity contribution in [3.63, 3.8) is 0 Å². The first-order valence-corrected chi connectivity index (χ1v) is 13.7. The zero-order valence-corrected chi connectivity index (χ0v) is 20.4. The molecule has 0 bridgehead atoms. The van der Waals surface area contributed by atoms with Crippen LogP contribution in [0.1, 0.15) is 57.4 Å². The van der Waals surface area contributed by atoms with E-state index in [0.717, 1.165) is 50.9 Å². The standard InChI is InChI=1S/C24H36N4O4S/c1-19(29)28-22-10-9-21(33(31,32)27-15-6-3-7-16-27)17-20(22)18-23(28)24(30)25-11-8-14-26-12-4-2-5-13-26/h9-10,17,23H,2-8,11-16,18H2,1H3,(H,25,30). The number of nitrogens with one attached hydrogen (secondary N) is 1. The van der Waals surface area contributed by atoms with Gasteiger partial charge in [-0.3, -0.25) is 14.5 Å². The molecule has 1 unspecified atom stereocenters. The van der Waals surface area contributed by atoms with Gasteiger partial charge in [0.15, 0.2) is 0 Å². The molecule has 1 atom stereocenters. The Morgan fingerprint density at radius 1 is 1.00 bits per heavy atom. The number of sulfonamides is 1. The van der Waals surface area contributed by atoms with Crippen LogP contribution in [0.25, 0.3) is 0 Å². The molecule has 9 heteroatoms. The number of piperidine rings is 2. The first-order valence-electron chi connectivity index (χ1n) is 12.3. The van der Waals surface area contributed by atoms with Crippen LogP contribution < -0.4 is 10.2 Å². The van der Waals surface area contributed by atoms with Crippen molar-refractivity contribution in [2.75, 3.05) is 44.2 Å². The third kappa shape index (κ3) is 5.41. The van der Waals surface area contributed by atoms with Gasteiger partial charge in [0, 0.05) is 38.7 Å². The third-order valence-electron chi connectivity index (χ3n) is 7.03. The zero-order valence-electron chi connectivity index (χ0n) is 19.6. The summed E-state index contributed by atoms with van der Waals surface area (Å²) in [5, 5.41) is 2.99. The van der Waals surface area contributed by atoms with Crippen LogP contribution in [-0.2, 0) is 26.0 Å². The van der Waals surface area contributed by atoms with Crippen molar-refractivity contribution in [2.24, 2.45) is 0 Å². The number of anilines is 1. The van der Waals surface area contributed by atoms with Gasteiger partial charge in [0.25, 0.3) is 0 Å². The normalized spacial score (nSPS) is 22.2. The number of nitrogens with zero attached hydrogens (tertiary/aromatic N) is 3. The van der Waals surface area contributed by atoms with Gasteiger partial charge >= 0.3 is 0 Å². The van der Waals surface area contributed by atoms with E-state index in [1.807, 2.05) is 0 Å². The Morgan fingerprint density at radius 2 is 1.67 bits per heavy atom. The average molecular weight is 477 g/mol. The van der Waals surface area contributed by atoms with Crippen LogP contribution in [-0.4, -0.2) is 74.7 Å². The lowest BCUT2D eigenvalue weighted by atomic mass is 10.1. The summed E-state index contributed by atoms with van der Waals surface area (Å²) >= 11 is 0. The van der Waals surface area contributed by atoms with Gasteiger partial charge in [-0.2, -0.15) is 4.31 Å². The Balaban J connectivity index is 1.41. The molecule has 1 N–H and O–H groups in total. The second-order valence-corrected chi connectivity index (χ2v) is 11.3. The zero-order chi connectivity index (χ0) is 23.4. The highest BCUT2D eigenvalue weighted by molar-refractivity contribution is 7.89. The molecule has 1 aromatic carbocycles. The van der Waals surface area contributed by atoms with E-state index in [1.54, 1.807) is 22.5 Å². The van der Waals surface area contributed by atoms with Gasteiger partial charge < -0.3 is 10.2 Å². The van der Waals surface area contributed by atoms with E-state index >= 15 is 0 Å². The quantitative estimate of drug-likeness (QED) is 0.609. The number of fused-ring (bicyclic) bond motifs is 1. The first kappa shape index (κ1) is 24.2. The summed E-state index contributed by atoms with van der Waals surface area (Å²) in [7, 11) is -3.56. The van der Waals surface area contributed by atoms with Gasteiger partial charge in [-0.05, 0) is 75.5 Å². The van der Waals surface area contributed by atoms with Crippen LogP contribution >= 0.6 is 0 Å². The lowest BCUT2D eigenvalue weighted by Crippen LogP contribution is -2.47. The molecule has 3 heterocycles. The van der Waals surface area contributed by atoms with Crippen LogP contribution in [0, 0.1) is 0 Å². The lowest BCUT2D eigenvalue weighted by molar-refractivity contribution is -0.125. The van der Waals surface area contributed by atoms with Crippen LogP contribution in [0.4, 0.5) is 5.69 Å². The molecule has 1 aromatic rings. The molecule has 3 aliphatic rings. The van der Waals surface area contributed by atoms with Crippen molar-refractivity contribution in [2.45, 2.75) is 69.2 Å². The maximum atomic E-state index is 13.1. The fourth-order valence-corrected chi connectivity index (χ4v) is 6.83. The van der Waals surface area contributed by atoms with Crippen LogP contribution in [0.5, 0.6) is 0 Å². The number of likely N-dealkylation sites (tertiary alicyclic amines) is 1. The van der Waals surface area contributed by atoms with Gasteiger partial charge in [0.1, 0.15) is 6.04 Å². The van der Waals surface area contributed by atoms with Crippen LogP contribution in [0.15, 0.2) is 23.1 Å². The second-order valence-electron chi connectivity index (χ2n) is 9.41. The molecular weight excluding hydrogens is 440 g/mol. The maximum absolute atomic E-state index is 13.1. The third-order valence-corrected chi connectivity index (χ3v) is 8.92. The van der Waals surface area contributed by atoms with Gasteiger partial charge in [0.2, 0.25) is 21.8 Å². The molecule has 33 heavy (non-hydrogen) atoms. The Hall–Kier alpha value is -1.97. The van der Waals surface area contributed by atoms with Crippen molar-refractivity contribution in [1.29, 1.82) is 0 Å². The molecule has 2 saturated heterocycles. The van der Waals surface area contributed by atoms with Crippen molar-refractivity contribution >= 4 is 27.5 Å². The summed E-state index contributed by atoms with van der Waals surface area (Å²) in [6.45, 7) is 6.34. The monoisotopic (exact) mass is 476 g/mol. The first-order chi connectivity index (χ1) is 15.9. The molecule has 8 nitrogen and oxygen atoms in total. The highest BCUT2D eigenvalue weighted by Crippen LogP contribution is 2.35. The van der Waals surface area contributed by atoms with Crippen molar-refractivity contribution in [1.82, 2.24) is 14.5 Å². The molecule has 0 spiro atoms. The molecule has 4 rings (SSSR count). The Kier molecular flexibility index (Phi) is 7.71. The predicted molar refractivity (Wildman–Crippen MR) is 128 cm³/mol. The average Bonchev–Trinajstić information content (AvgIpc) is 3.22. The molecule has 3 aliphatic heterocycles. The smallest absolute Gasteiger partial charge is 0.243 e. The minimum absolute atomic E-state index is 0.180. The van der Waals surface area contributed by atoms with Crippen LogP contribution in [0.3, 0.4) is 0 Å². The van der Waals surface area contributed by atoms with Gasteiger partial charge in [-0.25, -0.2) is 8.42 Å². The van der Waals surface area contributed by atoms with Crippen molar-refractivity contribution in [3.8, 4) is 0 Å². The highest BCUT2D eigenvalue weighted by Gasteiger charge is 2.38. The van der Waals surface area contributed by atoms with Crippen molar-refractivity contribution in [3.05, 3.63) is 23.8 Å². The summed E-state index contributed by atoms with van der Waals surface area (Å²) in [6, 6.07) is 4.26. The summed E-state index contributed by atoms with van der Waals surface area (Å²) in [4.78, 5) is 29.6. The van der Waals surface area contributed by atoms with E-state index in [-0.39, 0.29) is 16.7 Å². The van der Waals surface area contributed by atoms with Crippen molar-refractivity contribution < 1.29 is 18.0 Å². The molecule has 0 aromatic heterocycles. The fraction of sp³-hybridized carbons (Fsp3) is 0.667. The summed E-state index contributed by atoms with van der Waals surface area (Å²) in [5.74, 6) is -0.394. The summed E-state index contributed by atoms with van der Waals surface area (Å²) in [5.41, 5.74) is 1.37. The molecule has 2 fully saturated rings. The number of rotatable bonds is 7. The minimum atomic E-state index is -3.56. The minimum Gasteiger partial charge on any atom is -0.354 e. The van der Waals surface area contributed by atoms with Gasteiger partial charge in [-0.15, -0.1) is 0 Å². The van der Waals surface area contributed by atoms with Gasteiger partial charge in [0.05, 0.1) is 4.90 Å². The molecular formula is C24H36N4O4S. The molecule has 0 aliphatic carbocycles. The molecule has 0 radical (unpaired) electrons. The van der Waals surface area contributed by atoms with E-state index in [0.29, 0.717) is 31.7 Å². The number of amides is 2. The van der Waals surface area contributed by atoms with Crippen LogP contribution in [0.2, 0.25) is 0 Å². The Labute approximate surface area is 197 Å². The molecule has 2 amide bonds. The predicted octanol–water partition coefficient (Wildman–Crippen LogP) is 2.13. The molecule has 182 valence electrons. The maximum Gasteiger partial charge on any atom is 0.243 e. The number of carbonyl (C=O) groups excluding carboxylic acids is 2. The Bertz CT molecular complexity index is 969. The highest BCUT2D eigenvalue weighted by atomic mass is 32.2. The second kappa shape index (κ2) is 10.5. The van der Waals surface area contributed by atoms with E-state index in [1.165, 1.54) is 31.1 Å². The van der Waals surface area contributed by atoms with Gasteiger partial charge in [-0.1, -0.05) is 12.8 Å². The Morgan fingerprint density at radius 3 is 2.33 bits per heavy atom. The number of hydrogen-bond donors (Lipinski definition) is 1. The number of benzene rings is 1. The summed E-state index contributed by atoms with van der Waals surface area (Å²) < 4.78 is 27.7. The van der Waals surface area contributed by atoms with E-state index in [2.05, 4.69) is 10.2 Å². The summed E-state index contributed by atoms with van der Waals surface area (Å²) in [6.07, 6.45) is 7.81. The fourth-order valence-electron chi connectivity index (χ4n) is 5.26. The lowest BCUT2D eigenvalue weighted by Gasteiger charge is -2.27. The SMILES string of the molecule is CC(=O)N1c2ccc(S(=O)(=O)N3CCCCC3)cc2CC1C(=O)NCCCN1CCCCC1.